The summed E-state index contributed by atoms with van der Waals surface area (Å²) in [5.74, 6) is 2.28. The highest BCUT2D eigenvalue weighted by Gasteiger charge is 2.22. The first-order valence-electron chi connectivity index (χ1n) is 9.06. The second-order valence-corrected chi connectivity index (χ2v) is 6.55. The minimum Gasteiger partial charge on any atom is -0.454 e. The standard InChI is InChI=1S/C19H22N4O3/c1-2-14-5-3-4-10-23(14)18-9-8-17(21-22-18)20-19(24)13-6-7-15-16(11-13)26-12-25-15/h6-9,11,14H,2-5,10,12H2,1H3,(H,20,21,24). The highest BCUT2D eigenvalue weighted by Crippen LogP contribution is 2.32. The number of anilines is 2. The largest absolute Gasteiger partial charge is 0.454 e. The van der Waals surface area contributed by atoms with Crippen LogP contribution in [0.4, 0.5) is 11.6 Å². The first-order chi connectivity index (χ1) is 12.7. The molecule has 0 aliphatic carbocycles. The maximum Gasteiger partial charge on any atom is 0.257 e. The van der Waals surface area contributed by atoms with Gasteiger partial charge in [0.1, 0.15) is 0 Å². The molecular formula is C19H22N4O3. The molecule has 1 fully saturated rings. The normalized spacial score (nSPS) is 18.7. The molecule has 2 aliphatic heterocycles. The Bertz CT molecular complexity index is 794. The molecule has 1 N–H and O–H groups in total. The predicted molar refractivity (Wildman–Crippen MR) is 97.8 cm³/mol. The number of benzene rings is 1. The average molecular weight is 354 g/mol. The summed E-state index contributed by atoms with van der Waals surface area (Å²) >= 11 is 0. The summed E-state index contributed by atoms with van der Waals surface area (Å²) in [7, 11) is 0. The van der Waals surface area contributed by atoms with E-state index in [9.17, 15) is 4.79 Å². The number of piperidine rings is 1. The van der Waals surface area contributed by atoms with Crippen molar-refractivity contribution in [1.29, 1.82) is 0 Å². The molecule has 1 aromatic carbocycles. The molecule has 7 nitrogen and oxygen atoms in total. The van der Waals surface area contributed by atoms with E-state index in [0.717, 1.165) is 18.8 Å². The van der Waals surface area contributed by atoms with Crippen LogP contribution in [0, 0.1) is 0 Å². The molecule has 0 bridgehead atoms. The first-order valence-corrected chi connectivity index (χ1v) is 9.06. The van der Waals surface area contributed by atoms with Crippen LogP contribution in [0.1, 0.15) is 43.0 Å². The van der Waals surface area contributed by atoms with E-state index < -0.39 is 0 Å². The zero-order valence-electron chi connectivity index (χ0n) is 14.8. The minimum atomic E-state index is -0.255. The Morgan fingerprint density at radius 3 is 2.88 bits per heavy atom. The number of aromatic nitrogens is 2. The molecule has 1 atom stereocenters. The number of amides is 1. The fourth-order valence-electron chi connectivity index (χ4n) is 3.50. The highest BCUT2D eigenvalue weighted by molar-refractivity contribution is 6.04. The van der Waals surface area contributed by atoms with E-state index in [2.05, 4.69) is 27.3 Å². The van der Waals surface area contributed by atoms with Crippen LogP contribution in [0.5, 0.6) is 11.5 Å². The summed E-state index contributed by atoms with van der Waals surface area (Å²) in [6.45, 7) is 3.40. The van der Waals surface area contributed by atoms with Crippen molar-refractivity contribution in [2.24, 2.45) is 0 Å². The van der Waals surface area contributed by atoms with Crippen molar-refractivity contribution in [1.82, 2.24) is 10.2 Å². The van der Waals surface area contributed by atoms with E-state index in [1.807, 2.05) is 6.07 Å². The summed E-state index contributed by atoms with van der Waals surface area (Å²) in [4.78, 5) is 14.7. The monoisotopic (exact) mass is 354 g/mol. The van der Waals surface area contributed by atoms with Gasteiger partial charge >= 0.3 is 0 Å². The summed E-state index contributed by atoms with van der Waals surface area (Å²) < 4.78 is 10.6. The lowest BCUT2D eigenvalue weighted by molar-refractivity contribution is 0.102. The number of hydrogen-bond acceptors (Lipinski definition) is 6. The van der Waals surface area contributed by atoms with Crippen LogP contribution in [-0.4, -0.2) is 35.5 Å². The number of hydrogen-bond donors (Lipinski definition) is 1. The van der Waals surface area contributed by atoms with Gasteiger partial charge in [-0.2, -0.15) is 0 Å². The van der Waals surface area contributed by atoms with Crippen LogP contribution in [0.15, 0.2) is 30.3 Å². The third-order valence-corrected chi connectivity index (χ3v) is 4.92. The van der Waals surface area contributed by atoms with Gasteiger partial charge in [0, 0.05) is 18.2 Å². The lowest BCUT2D eigenvalue weighted by atomic mass is 10.0. The molecule has 2 aromatic rings. The Kier molecular flexibility index (Phi) is 4.60. The summed E-state index contributed by atoms with van der Waals surface area (Å²) in [5, 5.41) is 11.3. The molecule has 3 heterocycles. The second-order valence-electron chi connectivity index (χ2n) is 6.55. The molecule has 0 radical (unpaired) electrons. The minimum absolute atomic E-state index is 0.183. The SMILES string of the molecule is CCC1CCCCN1c1ccc(NC(=O)c2ccc3c(c2)OCO3)nn1. The number of rotatable bonds is 4. The van der Waals surface area contributed by atoms with E-state index in [1.165, 1.54) is 19.3 Å². The molecular weight excluding hydrogens is 332 g/mol. The zero-order valence-corrected chi connectivity index (χ0v) is 14.8. The van der Waals surface area contributed by atoms with Gasteiger partial charge < -0.3 is 19.7 Å². The highest BCUT2D eigenvalue weighted by atomic mass is 16.7. The van der Waals surface area contributed by atoms with Crippen molar-refractivity contribution in [2.45, 2.75) is 38.6 Å². The van der Waals surface area contributed by atoms with E-state index in [1.54, 1.807) is 24.3 Å². The maximum atomic E-state index is 12.4. The topological polar surface area (TPSA) is 76.6 Å². The third-order valence-electron chi connectivity index (χ3n) is 4.92. The van der Waals surface area contributed by atoms with E-state index in [4.69, 9.17) is 9.47 Å². The van der Waals surface area contributed by atoms with Gasteiger partial charge in [0.15, 0.2) is 23.1 Å². The number of nitrogens with zero attached hydrogens (tertiary/aromatic N) is 3. The number of ether oxygens (including phenoxy) is 2. The van der Waals surface area contributed by atoms with Gasteiger partial charge in [-0.3, -0.25) is 4.79 Å². The molecule has 136 valence electrons. The number of nitrogens with one attached hydrogen (secondary N) is 1. The van der Waals surface area contributed by atoms with Gasteiger partial charge in [-0.05, 0) is 56.0 Å². The van der Waals surface area contributed by atoms with Crippen LogP contribution in [0.3, 0.4) is 0 Å². The average Bonchev–Trinajstić information content (AvgIpc) is 3.16. The number of carbonyl (C=O) groups is 1. The predicted octanol–water partition coefficient (Wildman–Crippen LogP) is 3.23. The lowest BCUT2D eigenvalue weighted by Gasteiger charge is -2.35. The lowest BCUT2D eigenvalue weighted by Crippen LogP contribution is -2.39. The van der Waals surface area contributed by atoms with E-state index in [-0.39, 0.29) is 12.7 Å². The van der Waals surface area contributed by atoms with Gasteiger partial charge in [-0.25, -0.2) is 0 Å². The molecule has 1 unspecified atom stereocenters. The molecule has 1 aromatic heterocycles. The van der Waals surface area contributed by atoms with Crippen molar-refractivity contribution >= 4 is 17.5 Å². The van der Waals surface area contributed by atoms with Gasteiger partial charge in [0.05, 0.1) is 0 Å². The van der Waals surface area contributed by atoms with Crippen molar-refractivity contribution < 1.29 is 14.3 Å². The fourth-order valence-corrected chi connectivity index (χ4v) is 3.50. The van der Waals surface area contributed by atoms with Gasteiger partial charge in [-0.15, -0.1) is 10.2 Å². The van der Waals surface area contributed by atoms with Crippen molar-refractivity contribution in [3.05, 3.63) is 35.9 Å². The quantitative estimate of drug-likeness (QED) is 0.908. The van der Waals surface area contributed by atoms with Crippen molar-refractivity contribution in [3.63, 3.8) is 0 Å². The van der Waals surface area contributed by atoms with Crippen LogP contribution < -0.4 is 19.7 Å². The third kappa shape index (κ3) is 3.29. The van der Waals surface area contributed by atoms with Crippen molar-refractivity contribution in [3.8, 4) is 11.5 Å². The first kappa shape index (κ1) is 16.6. The smallest absolute Gasteiger partial charge is 0.257 e. The molecule has 2 aliphatic rings. The second kappa shape index (κ2) is 7.19. The Hall–Kier alpha value is -2.83. The van der Waals surface area contributed by atoms with Crippen LogP contribution in [0.25, 0.3) is 0 Å². The zero-order chi connectivity index (χ0) is 17.9. The Balaban J connectivity index is 1.44. The van der Waals surface area contributed by atoms with Crippen molar-refractivity contribution in [2.75, 3.05) is 23.6 Å². The number of fused-ring (bicyclic) bond motifs is 1. The van der Waals surface area contributed by atoms with Gasteiger partial charge in [0.2, 0.25) is 6.79 Å². The maximum absolute atomic E-state index is 12.4. The molecule has 0 spiro atoms. The van der Waals surface area contributed by atoms with E-state index in [0.29, 0.717) is 28.9 Å². The summed E-state index contributed by atoms with van der Waals surface area (Å²) in [6.07, 6.45) is 4.75. The molecule has 0 saturated carbocycles. The molecule has 1 amide bonds. The van der Waals surface area contributed by atoms with Gasteiger partial charge in [0.25, 0.3) is 5.91 Å². The fraction of sp³-hybridized carbons (Fsp3) is 0.421. The van der Waals surface area contributed by atoms with Crippen LogP contribution in [-0.2, 0) is 0 Å². The van der Waals surface area contributed by atoms with Crippen LogP contribution >= 0.6 is 0 Å². The molecule has 4 rings (SSSR count). The van der Waals surface area contributed by atoms with E-state index >= 15 is 0 Å². The summed E-state index contributed by atoms with van der Waals surface area (Å²) in [5.41, 5.74) is 0.488. The Morgan fingerprint density at radius 2 is 2.08 bits per heavy atom. The molecule has 7 heteroatoms. The Labute approximate surface area is 152 Å². The number of carbonyl (C=O) groups excluding carboxylic acids is 1. The molecule has 26 heavy (non-hydrogen) atoms. The van der Waals surface area contributed by atoms with Crippen LogP contribution in [0.2, 0.25) is 0 Å². The molecule has 1 saturated heterocycles. The summed E-state index contributed by atoms with van der Waals surface area (Å²) in [6, 6.07) is 9.34. The Morgan fingerprint density at radius 1 is 1.19 bits per heavy atom. The van der Waals surface area contributed by atoms with Gasteiger partial charge in [-0.1, -0.05) is 6.92 Å².